The second kappa shape index (κ2) is 8.37. The summed E-state index contributed by atoms with van der Waals surface area (Å²) in [6.07, 6.45) is 4.46. The Hall–Kier alpha value is -3.22. The Kier molecular flexibility index (Phi) is 5.41. The van der Waals surface area contributed by atoms with Crippen LogP contribution in [0.2, 0.25) is 0 Å². The summed E-state index contributed by atoms with van der Waals surface area (Å²) in [5.74, 6) is 0.525. The summed E-state index contributed by atoms with van der Waals surface area (Å²) in [6.45, 7) is 0.891. The van der Waals surface area contributed by atoms with Gasteiger partial charge < -0.3 is 19.5 Å². The van der Waals surface area contributed by atoms with Crippen LogP contribution < -0.4 is 5.32 Å². The minimum absolute atomic E-state index is 0.0947. The van der Waals surface area contributed by atoms with Crippen molar-refractivity contribution in [3.8, 4) is 0 Å². The number of hydrogen-bond acceptors (Lipinski definition) is 4. The number of amides is 1. The van der Waals surface area contributed by atoms with Gasteiger partial charge in [0.15, 0.2) is 5.60 Å². The van der Waals surface area contributed by atoms with Crippen LogP contribution in [0.1, 0.15) is 5.56 Å². The van der Waals surface area contributed by atoms with Gasteiger partial charge in [-0.15, -0.1) is 0 Å². The molecule has 1 spiro atoms. The molecule has 2 aromatic rings. The molecule has 1 N–H and O–H groups in total. The molecule has 3 heterocycles. The van der Waals surface area contributed by atoms with Crippen LogP contribution in [-0.2, 0) is 25.4 Å². The molecule has 0 fully saturated rings. The fraction of sp³-hybridized carbons (Fsp3) is 0.308. The number of methoxy groups -OCH3 is 2. The third-order valence-electron chi connectivity index (χ3n) is 6.36. The molecular formula is C26H27N2O4+. The lowest BCUT2D eigenvalue weighted by atomic mass is 9.81. The molecule has 1 amide bonds. The van der Waals surface area contributed by atoms with Gasteiger partial charge >= 0.3 is 5.90 Å². The van der Waals surface area contributed by atoms with E-state index in [1.54, 1.807) is 14.2 Å². The molecule has 6 heteroatoms. The fourth-order valence-electron chi connectivity index (χ4n) is 5.03. The van der Waals surface area contributed by atoms with Crippen molar-refractivity contribution >= 4 is 17.5 Å². The van der Waals surface area contributed by atoms with Crippen molar-refractivity contribution in [2.45, 2.75) is 24.2 Å². The van der Waals surface area contributed by atoms with E-state index in [1.165, 1.54) is 5.56 Å². The lowest BCUT2D eigenvalue weighted by molar-refractivity contribution is -0.499. The predicted molar refractivity (Wildman–Crippen MR) is 121 cm³/mol. The van der Waals surface area contributed by atoms with Crippen LogP contribution in [0.15, 0.2) is 84.0 Å². The lowest BCUT2D eigenvalue weighted by Gasteiger charge is -2.24. The van der Waals surface area contributed by atoms with Gasteiger partial charge in [0, 0.05) is 32.2 Å². The predicted octanol–water partition coefficient (Wildman–Crippen LogP) is 2.77. The summed E-state index contributed by atoms with van der Waals surface area (Å²) < 4.78 is 19.8. The van der Waals surface area contributed by atoms with Gasteiger partial charge in [-0.05, 0) is 11.6 Å². The average Bonchev–Trinajstić information content (AvgIpc) is 3.48. The quantitative estimate of drug-likeness (QED) is 0.416. The molecule has 0 aromatic heterocycles. The number of ether oxygens (including phenoxy) is 3. The third-order valence-corrected chi connectivity index (χ3v) is 6.36. The average molecular weight is 432 g/mol. The molecule has 5 rings (SSSR count). The number of nitrogens with zero attached hydrogens (tertiary/aromatic N) is 1. The maximum absolute atomic E-state index is 13.2. The van der Waals surface area contributed by atoms with E-state index in [2.05, 4.69) is 40.2 Å². The van der Waals surface area contributed by atoms with Gasteiger partial charge in [-0.2, -0.15) is 4.58 Å². The largest absolute Gasteiger partial charge is 0.447 e. The van der Waals surface area contributed by atoms with Gasteiger partial charge in [-0.3, -0.25) is 4.79 Å². The number of nitrogens with one attached hydrogen (secondary N) is 1. The SMILES string of the molecule is COCCNC(=O)C1=C2C(OC)=[N+](c3ccccc3)C(Cc3ccccc3)C23C=CC1O3. The molecule has 164 valence electrons. The number of carbonyl (C=O) groups excluding carboxylic acids is 1. The second-order valence-electron chi connectivity index (χ2n) is 8.15. The van der Waals surface area contributed by atoms with Gasteiger partial charge in [-0.1, -0.05) is 54.6 Å². The van der Waals surface area contributed by atoms with Gasteiger partial charge in [0.05, 0.1) is 19.3 Å². The first-order valence-corrected chi connectivity index (χ1v) is 10.9. The smallest absolute Gasteiger partial charge is 0.375 e. The van der Waals surface area contributed by atoms with Gasteiger partial charge in [0.1, 0.15) is 11.7 Å². The number of para-hydroxylation sites is 1. The van der Waals surface area contributed by atoms with E-state index >= 15 is 0 Å². The summed E-state index contributed by atoms with van der Waals surface area (Å²) in [6, 6.07) is 20.4. The molecule has 0 radical (unpaired) electrons. The van der Waals surface area contributed by atoms with E-state index in [9.17, 15) is 4.79 Å². The van der Waals surface area contributed by atoms with Crippen LogP contribution in [0.25, 0.3) is 0 Å². The van der Waals surface area contributed by atoms with Crippen LogP contribution in [0.3, 0.4) is 0 Å². The number of carbonyl (C=O) groups is 1. The molecule has 3 aliphatic heterocycles. The molecule has 3 unspecified atom stereocenters. The van der Waals surface area contributed by atoms with E-state index < -0.39 is 5.60 Å². The highest BCUT2D eigenvalue weighted by Crippen LogP contribution is 2.52. The first-order chi connectivity index (χ1) is 15.7. The van der Waals surface area contributed by atoms with E-state index in [4.69, 9.17) is 14.2 Å². The second-order valence-corrected chi connectivity index (χ2v) is 8.15. The van der Waals surface area contributed by atoms with Crippen molar-refractivity contribution < 1.29 is 23.6 Å². The topological polar surface area (TPSA) is 59.8 Å². The Morgan fingerprint density at radius 1 is 1.09 bits per heavy atom. The van der Waals surface area contributed by atoms with Crippen molar-refractivity contribution in [1.82, 2.24) is 5.32 Å². The zero-order valence-electron chi connectivity index (χ0n) is 18.3. The van der Waals surface area contributed by atoms with Crippen LogP contribution >= 0.6 is 0 Å². The van der Waals surface area contributed by atoms with Crippen molar-refractivity contribution in [1.29, 1.82) is 0 Å². The van der Waals surface area contributed by atoms with Crippen molar-refractivity contribution in [3.63, 3.8) is 0 Å². The Labute approximate surface area is 187 Å². The monoisotopic (exact) mass is 431 g/mol. The van der Waals surface area contributed by atoms with E-state index in [0.29, 0.717) is 24.6 Å². The summed E-state index contributed by atoms with van der Waals surface area (Å²) in [5, 5.41) is 2.96. The Balaban J connectivity index is 1.65. The lowest BCUT2D eigenvalue weighted by Crippen LogP contribution is -2.43. The normalized spacial score (nSPS) is 25.4. The highest BCUT2D eigenvalue weighted by Gasteiger charge is 2.68. The molecule has 0 saturated heterocycles. The minimum atomic E-state index is -0.740. The standard InChI is InChI=1S/C26H26N2O4/c1-30-16-15-27-24(29)22-20-13-14-26(32-20)21(17-18-9-5-3-6-10-18)28(25(31-2)23(22)26)19-11-7-4-8-12-19/h3-14,20-21H,15-17H2,1-2H3/p+1. The zero-order valence-corrected chi connectivity index (χ0v) is 18.3. The Morgan fingerprint density at radius 2 is 1.81 bits per heavy atom. The summed E-state index contributed by atoms with van der Waals surface area (Å²) >= 11 is 0. The summed E-state index contributed by atoms with van der Waals surface area (Å²) in [5.41, 5.74) is 2.91. The van der Waals surface area contributed by atoms with Gasteiger partial charge in [0.2, 0.25) is 11.7 Å². The first kappa shape index (κ1) is 20.7. The van der Waals surface area contributed by atoms with Crippen molar-refractivity contribution in [2.24, 2.45) is 0 Å². The van der Waals surface area contributed by atoms with Gasteiger partial charge in [0.25, 0.3) is 5.91 Å². The third kappa shape index (κ3) is 3.18. The zero-order chi connectivity index (χ0) is 22.1. The maximum atomic E-state index is 13.2. The Bertz CT molecular complexity index is 1110. The summed E-state index contributed by atoms with van der Waals surface area (Å²) in [7, 11) is 3.28. The number of hydrogen-bond donors (Lipinski definition) is 1. The van der Waals surface area contributed by atoms with E-state index in [1.807, 2.05) is 42.5 Å². The van der Waals surface area contributed by atoms with Crippen LogP contribution in [0.5, 0.6) is 0 Å². The molecule has 3 atom stereocenters. The molecule has 2 bridgehead atoms. The fourth-order valence-corrected chi connectivity index (χ4v) is 5.03. The number of fused-ring (bicyclic) bond motifs is 1. The highest BCUT2D eigenvalue weighted by molar-refractivity contribution is 6.08. The molecular weight excluding hydrogens is 404 g/mol. The van der Waals surface area contributed by atoms with E-state index in [-0.39, 0.29) is 18.1 Å². The first-order valence-electron chi connectivity index (χ1n) is 10.9. The van der Waals surface area contributed by atoms with Gasteiger partial charge in [-0.25, -0.2) is 0 Å². The maximum Gasteiger partial charge on any atom is 0.375 e. The molecule has 0 saturated carbocycles. The molecule has 0 aliphatic carbocycles. The minimum Gasteiger partial charge on any atom is -0.447 e. The molecule has 3 aliphatic rings. The molecule has 32 heavy (non-hydrogen) atoms. The van der Waals surface area contributed by atoms with Crippen molar-refractivity contribution in [3.05, 3.63) is 89.5 Å². The molecule has 6 nitrogen and oxygen atoms in total. The van der Waals surface area contributed by atoms with Crippen LogP contribution in [0, 0.1) is 0 Å². The van der Waals surface area contributed by atoms with E-state index in [0.717, 1.165) is 17.7 Å². The highest BCUT2D eigenvalue weighted by atomic mass is 16.5. The number of rotatable bonds is 7. The Morgan fingerprint density at radius 3 is 2.50 bits per heavy atom. The molecule has 2 aromatic carbocycles. The summed E-state index contributed by atoms with van der Waals surface area (Å²) in [4.78, 5) is 13.2. The van der Waals surface area contributed by atoms with Crippen LogP contribution in [0.4, 0.5) is 5.69 Å². The van der Waals surface area contributed by atoms with Crippen LogP contribution in [-0.4, -0.2) is 61.5 Å². The van der Waals surface area contributed by atoms with Crippen molar-refractivity contribution in [2.75, 3.05) is 27.4 Å². The number of benzene rings is 2.